The van der Waals surface area contributed by atoms with Crippen molar-refractivity contribution in [3.8, 4) is 0 Å². The molecule has 1 aromatic heterocycles. The van der Waals surface area contributed by atoms with E-state index in [-0.39, 0.29) is 17.9 Å². The lowest BCUT2D eigenvalue weighted by atomic mass is 10.1. The maximum absolute atomic E-state index is 12.7. The summed E-state index contributed by atoms with van der Waals surface area (Å²) in [5.74, 6) is 0.977. The van der Waals surface area contributed by atoms with Crippen molar-refractivity contribution in [3.63, 3.8) is 0 Å². The van der Waals surface area contributed by atoms with Crippen LogP contribution in [0.1, 0.15) is 36.3 Å². The highest BCUT2D eigenvalue weighted by Gasteiger charge is 2.35. The molecule has 7 heteroatoms. The second kappa shape index (κ2) is 8.48. The van der Waals surface area contributed by atoms with Crippen LogP contribution in [0.4, 0.5) is 0 Å². The average Bonchev–Trinajstić information content (AvgIpc) is 3.04. The van der Waals surface area contributed by atoms with Crippen molar-refractivity contribution in [2.45, 2.75) is 38.9 Å². The van der Waals surface area contributed by atoms with E-state index in [4.69, 9.17) is 0 Å². The van der Waals surface area contributed by atoms with Crippen LogP contribution in [-0.4, -0.2) is 64.4 Å². The summed E-state index contributed by atoms with van der Waals surface area (Å²) in [5, 5.41) is 2.97. The van der Waals surface area contributed by atoms with E-state index >= 15 is 0 Å². The molecule has 24 heavy (non-hydrogen) atoms. The van der Waals surface area contributed by atoms with Crippen molar-refractivity contribution in [3.05, 3.63) is 29.6 Å². The Bertz CT molecular complexity index is 576. The monoisotopic (exact) mass is 350 g/mol. The average molecular weight is 350 g/mol. The molecule has 1 saturated heterocycles. The number of aromatic nitrogens is 1. The Morgan fingerprint density at radius 1 is 1.46 bits per heavy atom. The second-order valence-corrected chi connectivity index (χ2v) is 7.38. The highest BCUT2D eigenvalue weighted by Crippen LogP contribution is 2.23. The van der Waals surface area contributed by atoms with Crippen LogP contribution in [0, 0.1) is 0 Å². The molecule has 2 unspecified atom stereocenters. The molecule has 0 saturated carbocycles. The maximum atomic E-state index is 12.7. The van der Waals surface area contributed by atoms with E-state index in [1.807, 2.05) is 38.9 Å². The Balaban J connectivity index is 2.06. The number of rotatable bonds is 6. The minimum absolute atomic E-state index is 0.0695. The number of hydrogen-bond acceptors (Lipinski definition) is 5. The third-order valence-electron chi connectivity index (χ3n) is 4.00. The topological polar surface area (TPSA) is 65.5 Å². The maximum Gasteiger partial charge on any atom is 0.256 e. The van der Waals surface area contributed by atoms with Crippen molar-refractivity contribution in [1.29, 1.82) is 0 Å². The smallest absolute Gasteiger partial charge is 0.256 e. The van der Waals surface area contributed by atoms with Crippen LogP contribution in [0.3, 0.4) is 0 Å². The van der Waals surface area contributed by atoms with Gasteiger partial charge in [0.05, 0.1) is 17.1 Å². The fraction of sp³-hybridized carbons (Fsp3) is 0.588. The summed E-state index contributed by atoms with van der Waals surface area (Å²) >= 11 is 1.61. The van der Waals surface area contributed by atoms with E-state index in [0.29, 0.717) is 17.2 Å². The van der Waals surface area contributed by atoms with Crippen LogP contribution in [0.15, 0.2) is 18.3 Å². The third-order valence-corrected chi connectivity index (χ3v) is 5.01. The summed E-state index contributed by atoms with van der Waals surface area (Å²) in [7, 11) is 3.95. The Kier molecular flexibility index (Phi) is 6.62. The molecule has 0 aromatic carbocycles. The summed E-state index contributed by atoms with van der Waals surface area (Å²) < 4.78 is 0. The highest BCUT2D eigenvalue weighted by atomic mass is 32.2. The standard InChI is InChI=1S/C17H26N4O2S/c1-5-12(2)19-16(22)15-10-24-11-21(15)17(23)13-6-7-14(18-8-13)9-20(3)4/h6-8,12,15H,5,9-11H2,1-4H3,(H,19,22). The molecular weight excluding hydrogens is 324 g/mol. The number of carbonyl (C=O) groups excluding carboxylic acids is 2. The molecule has 1 aliphatic heterocycles. The number of carbonyl (C=O) groups is 2. The number of nitrogens with zero attached hydrogens (tertiary/aromatic N) is 3. The van der Waals surface area contributed by atoms with Crippen molar-refractivity contribution in [2.24, 2.45) is 0 Å². The molecular formula is C17H26N4O2S. The van der Waals surface area contributed by atoms with Crippen LogP contribution in [0.2, 0.25) is 0 Å². The zero-order chi connectivity index (χ0) is 17.7. The number of nitrogens with one attached hydrogen (secondary N) is 1. The lowest BCUT2D eigenvalue weighted by Crippen LogP contribution is -2.49. The minimum Gasteiger partial charge on any atom is -0.352 e. The van der Waals surface area contributed by atoms with E-state index in [1.165, 1.54) is 0 Å². The van der Waals surface area contributed by atoms with Gasteiger partial charge in [0.15, 0.2) is 0 Å². The van der Waals surface area contributed by atoms with E-state index in [2.05, 4.69) is 10.3 Å². The molecule has 2 rings (SSSR count). The number of pyridine rings is 1. The summed E-state index contributed by atoms with van der Waals surface area (Å²) in [6.07, 6.45) is 2.48. The highest BCUT2D eigenvalue weighted by molar-refractivity contribution is 7.99. The van der Waals surface area contributed by atoms with Crippen molar-refractivity contribution in [2.75, 3.05) is 25.7 Å². The number of amides is 2. The Morgan fingerprint density at radius 3 is 2.79 bits per heavy atom. The normalized spacial score (nSPS) is 18.7. The Morgan fingerprint density at radius 2 is 2.21 bits per heavy atom. The lowest BCUT2D eigenvalue weighted by Gasteiger charge is -2.24. The summed E-state index contributed by atoms with van der Waals surface area (Å²) in [6.45, 7) is 4.73. The minimum atomic E-state index is -0.405. The first-order valence-corrected chi connectivity index (χ1v) is 9.36. The largest absolute Gasteiger partial charge is 0.352 e. The van der Waals surface area contributed by atoms with Crippen LogP contribution in [0.5, 0.6) is 0 Å². The molecule has 6 nitrogen and oxygen atoms in total. The predicted molar refractivity (Wildman–Crippen MR) is 96.8 cm³/mol. The lowest BCUT2D eigenvalue weighted by molar-refractivity contribution is -0.125. The molecule has 2 amide bonds. The molecule has 0 aliphatic carbocycles. The van der Waals surface area contributed by atoms with Gasteiger partial charge in [-0.2, -0.15) is 0 Å². The summed E-state index contributed by atoms with van der Waals surface area (Å²) in [6, 6.07) is 3.37. The van der Waals surface area contributed by atoms with Crippen molar-refractivity contribution < 1.29 is 9.59 Å². The second-order valence-electron chi connectivity index (χ2n) is 6.38. The van der Waals surface area contributed by atoms with Crippen molar-refractivity contribution in [1.82, 2.24) is 20.1 Å². The Labute approximate surface area is 148 Å². The van der Waals surface area contributed by atoms with E-state index < -0.39 is 6.04 Å². The van der Waals surface area contributed by atoms with Crippen LogP contribution < -0.4 is 5.32 Å². The molecule has 1 aromatic rings. The molecule has 0 spiro atoms. The summed E-state index contributed by atoms with van der Waals surface area (Å²) in [4.78, 5) is 33.1. The van der Waals surface area contributed by atoms with Gasteiger partial charge < -0.3 is 15.1 Å². The summed E-state index contributed by atoms with van der Waals surface area (Å²) in [5.41, 5.74) is 1.44. The molecule has 2 atom stereocenters. The molecule has 132 valence electrons. The van der Waals surface area contributed by atoms with Gasteiger partial charge >= 0.3 is 0 Å². The van der Waals surface area contributed by atoms with Gasteiger partial charge in [0.2, 0.25) is 5.91 Å². The van der Waals surface area contributed by atoms with Gasteiger partial charge in [-0.05, 0) is 39.6 Å². The van der Waals surface area contributed by atoms with Crippen LogP contribution in [-0.2, 0) is 11.3 Å². The molecule has 2 heterocycles. The first-order valence-electron chi connectivity index (χ1n) is 8.21. The van der Waals surface area contributed by atoms with Gasteiger partial charge in [-0.15, -0.1) is 11.8 Å². The molecule has 0 radical (unpaired) electrons. The first-order chi connectivity index (χ1) is 11.4. The fourth-order valence-electron chi connectivity index (χ4n) is 2.44. The van der Waals surface area contributed by atoms with Gasteiger partial charge in [0.1, 0.15) is 6.04 Å². The van der Waals surface area contributed by atoms with Crippen LogP contribution in [0.25, 0.3) is 0 Å². The van der Waals surface area contributed by atoms with E-state index in [0.717, 1.165) is 18.7 Å². The zero-order valence-electron chi connectivity index (χ0n) is 14.8. The van der Waals surface area contributed by atoms with Gasteiger partial charge in [-0.1, -0.05) is 6.92 Å². The quantitative estimate of drug-likeness (QED) is 0.844. The van der Waals surface area contributed by atoms with Crippen LogP contribution >= 0.6 is 11.8 Å². The molecule has 0 bridgehead atoms. The fourth-order valence-corrected chi connectivity index (χ4v) is 3.59. The molecule has 1 N–H and O–H groups in total. The van der Waals surface area contributed by atoms with Gasteiger partial charge in [-0.25, -0.2) is 0 Å². The zero-order valence-corrected chi connectivity index (χ0v) is 15.6. The van der Waals surface area contributed by atoms with Gasteiger partial charge in [0.25, 0.3) is 5.91 Å². The Hall–Kier alpha value is -1.60. The van der Waals surface area contributed by atoms with Gasteiger partial charge in [-0.3, -0.25) is 14.6 Å². The first kappa shape index (κ1) is 18.7. The molecule has 1 aliphatic rings. The van der Waals surface area contributed by atoms with E-state index in [1.54, 1.807) is 28.9 Å². The SMILES string of the molecule is CCC(C)NC(=O)C1CSCN1C(=O)c1ccc(CN(C)C)nc1. The number of thioether (sulfide) groups is 1. The van der Waals surface area contributed by atoms with Gasteiger partial charge in [0, 0.05) is 24.5 Å². The third kappa shape index (κ3) is 4.70. The predicted octanol–water partition coefficient (Wildman–Crippen LogP) is 1.57. The molecule has 1 fully saturated rings. The number of hydrogen-bond donors (Lipinski definition) is 1. The van der Waals surface area contributed by atoms with E-state index in [9.17, 15) is 9.59 Å². The van der Waals surface area contributed by atoms with Crippen molar-refractivity contribution >= 4 is 23.6 Å².